The molecule has 0 radical (unpaired) electrons. The summed E-state index contributed by atoms with van der Waals surface area (Å²) in [6, 6.07) is 7.63. The number of aromatic nitrogens is 3. The number of aryl methyl sites for hydroxylation is 1. The van der Waals surface area contributed by atoms with Crippen molar-refractivity contribution in [3.05, 3.63) is 53.1 Å². The minimum Gasteiger partial charge on any atom is -0.325 e. The summed E-state index contributed by atoms with van der Waals surface area (Å²) >= 11 is 5.11. The Hall–Kier alpha value is -2.21. The number of H-pyrrole nitrogens is 1. The maximum atomic E-state index is 12.1. The van der Waals surface area contributed by atoms with Crippen molar-refractivity contribution >= 4 is 23.8 Å². The summed E-state index contributed by atoms with van der Waals surface area (Å²) in [6.45, 7) is 6.14. The van der Waals surface area contributed by atoms with Crippen LogP contribution in [0.25, 0.3) is 0 Å². The molecule has 0 fully saturated rings. The fourth-order valence-corrected chi connectivity index (χ4v) is 2.08. The monoisotopic (exact) mass is 288 g/mol. The van der Waals surface area contributed by atoms with Gasteiger partial charge in [0.1, 0.15) is 5.82 Å². The molecule has 0 saturated heterocycles. The Labute approximate surface area is 122 Å². The van der Waals surface area contributed by atoms with Crippen molar-refractivity contribution in [1.82, 2.24) is 14.8 Å². The Morgan fingerprint density at radius 3 is 3.00 bits per heavy atom. The number of rotatable bonds is 5. The van der Waals surface area contributed by atoms with Crippen molar-refractivity contribution in [3.63, 3.8) is 0 Å². The number of para-hydroxylation sites is 1. The molecule has 5 nitrogen and oxygen atoms in total. The van der Waals surface area contributed by atoms with Crippen molar-refractivity contribution < 1.29 is 4.79 Å². The first-order valence-corrected chi connectivity index (χ1v) is 6.63. The first kappa shape index (κ1) is 14.2. The summed E-state index contributed by atoms with van der Waals surface area (Å²) < 4.78 is 2.24. The average molecular weight is 288 g/mol. The molecule has 104 valence electrons. The molecule has 0 spiro atoms. The van der Waals surface area contributed by atoms with E-state index < -0.39 is 0 Å². The number of carbonyl (C=O) groups is 1. The normalized spacial score (nSPS) is 10.2. The second kappa shape index (κ2) is 6.29. The zero-order chi connectivity index (χ0) is 14.5. The molecular weight excluding hydrogens is 272 g/mol. The van der Waals surface area contributed by atoms with Crippen LogP contribution in [0.5, 0.6) is 0 Å². The van der Waals surface area contributed by atoms with Crippen LogP contribution in [0.3, 0.4) is 0 Å². The predicted octanol–water partition coefficient (Wildman–Crippen LogP) is 2.62. The molecule has 0 aliphatic carbocycles. The van der Waals surface area contributed by atoms with Gasteiger partial charge in [-0.2, -0.15) is 5.10 Å². The van der Waals surface area contributed by atoms with Crippen molar-refractivity contribution in [2.24, 2.45) is 0 Å². The van der Waals surface area contributed by atoms with E-state index in [1.165, 1.54) is 0 Å². The molecule has 2 N–H and O–H groups in total. The van der Waals surface area contributed by atoms with Crippen LogP contribution in [0.1, 0.15) is 11.4 Å². The number of nitrogens with one attached hydrogen (secondary N) is 2. The van der Waals surface area contributed by atoms with Gasteiger partial charge in [0.15, 0.2) is 4.77 Å². The van der Waals surface area contributed by atoms with Gasteiger partial charge >= 0.3 is 0 Å². The molecule has 20 heavy (non-hydrogen) atoms. The second-order valence-electron chi connectivity index (χ2n) is 4.38. The highest BCUT2D eigenvalue weighted by Crippen LogP contribution is 2.13. The number of aromatic amines is 1. The van der Waals surface area contributed by atoms with E-state index in [0.29, 0.717) is 17.1 Å². The summed E-state index contributed by atoms with van der Waals surface area (Å²) in [4.78, 5) is 12.1. The van der Waals surface area contributed by atoms with Gasteiger partial charge in [-0.3, -0.25) is 14.5 Å². The Morgan fingerprint density at radius 1 is 1.55 bits per heavy atom. The van der Waals surface area contributed by atoms with Crippen LogP contribution in [0, 0.1) is 11.7 Å². The van der Waals surface area contributed by atoms with Gasteiger partial charge in [-0.1, -0.05) is 24.3 Å². The minimum absolute atomic E-state index is 0.126. The maximum absolute atomic E-state index is 12.1. The first-order valence-electron chi connectivity index (χ1n) is 6.22. The lowest BCUT2D eigenvalue weighted by Crippen LogP contribution is -2.18. The van der Waals surface area contributed by atoms with Crippen molar-refractivity contribution in [2.75, 3.05) is 5.32 Å². The molecule has 0 aliphatic rings. The molecule has 0 bridgehead atoms. The topological polar surface area (TPSA) is 62.7 Å². The molecule has 6 heteroatoms. The molecule has 2 rings (SSSR count). The van der Waals surface area contributed by atoms with Crippen molar-refractivity contribution in [2.45, 2.75) is 19.9 Å². The number of anilines is 1. The SMILES string of the molecule is C=CCn1c(CC(=O)Nc2ccccc2C)n[nH]c1=S. The van der Waals surface area contributed by atoms with E-state index in [2.05, 4.69) is 22.1 Å². The van der Waals surface area contributed by atoms with E-state index in [4.69, 9.17) is 12.2 Å². The summed E-state index contributed by atoms with van der Waals surface area (Å²) in [6.07, 6.45) is 1.88. The first-order chi connectivity index (χ1) is 9.61. The fourth-order valence-electron chi connectivity index (χ4n) is 1.85. The Morgan fingerprint density at radius 2 is 2.30 bits per heavy atom. The second-order valence-corrected chi connectivity index (χ2v) is 4.77. The molecule has 0 atom stereocenters. The van der Waals surface area contributed by atoms with E-state index in [0.717, 1.165) is 11.3 Å². The smallest absolute Gasteiger partial charge is 0.232 e. The Balaban J connectivity index is 2.11. The molecule has 1 aromatic carbocycles. The number of hydrogen-bond acceptors (Lipinski definition) is 3. The van der Waals surface area contributed by atoms with Gasteiger partial charge in [-0.25, -0.2) is 0 Å². The lowest BCUT2D eigenvalue weighted by Gasteiger charge is -2.08. The lowest BCUT2D eigenvalue weighted by atomic mass is 10.2. The third kappa shape index (κ3) is 3.21. The van der Waals surface area contributed by atoms with Crippen LogP contribution in [-0.4, -0.2) is 20.7 Å². The average Bonchev–Trinajstić information content (AvgIpc) is 2.75. The quantitative estimate of drug-likeness (QED) is 0.656. The third-order valence-electron chi connectivity index (χ3n) is 2.89. The minimum atomic E-state index is -0.126. The van der Waals surface area contributed by atoms with Gasteiger partial charge in [-0.15, -0.1) is 6.58 Å². The van der Waals surface area contributed by atoms with Gasteiger partial charge < -0.3 is 5.32 Å². The van der Waals surface area contributed by atoms with E-state index in [-0.39, 0.29) is 12.3 Å². The van der Waals surface area contributed by atoms with Gasteiger partial charge in [-0.05, 0) is 30.8 Å². The number of amides is 1. The molecule has 0 unspecified atom stereocenters. The highest BCUT2D eigenvalue weighted by atomic mass is 32.1. The van der Waals surface area contributed by atoms with Crippen molar-refractivity contribution in [1.29, 1.82) is 0 Å². The molecule has 0 aliphatic heterocycles. The lowest BCUT2D eigenvalue weighted by molar-refractivity contribution is -0.115. The Kier molecular flexibility index (Phi) is 4.47. The molecule has 1 amide bonds. The Bertz CT molecular complexity index is 686. The summed E-state index contributed by atoms with van der Waals surface area (Å²) in [7, 11) is 0. The van der Waals surface area contributed by atoms with Gasteiger partial charge in [0.05, 0.1) is 6.42 Å². The summed E-state index contributed by atoms with van der Waals surface area (Å²) in [5.74, 6) is 0.472. The molecular formula is C14H16N4OS. The van der Waals surface area contributed by atoms with Crippen LogP contribution in [0.4, 0.5) is 5.69 Å². The van der Waals surface area contributed by atoms with Gasteiger partial charge in [0, 0.05) is 12.2 Å². The number of nitrogens with zero attached hydrogens (tertiary/aromatic N) is 2. The fraction of sp³-hybridized carbons (Fsp3) is 0.214. The van der Waals surface area contributed by atoms with Crippen LogP contribution < -0.4 is 5.32 Å². The van der Waals surface area contributed by atoms with Crippen molar-refractivity contribution in [3.8, 4) is 0 Å². The molecule has 2 aromatic rings. The van der Waals surface area contributed by atoms with Gasteiger partial charge in [0.25, 0.3) is 0 Å². The third-order valence-corrected chi connectivity index (χ3v) is 3.20. The van der Waals surface area contributed by atoms with Crippen LogP contribution in [-0.2, 0) is 17.8 Å². The largest absolute Gasteiger partial charge is 0.325 e. The number of hydrogen-bond donors (Lipinski definition) is 2. The number of allylic oxidation sites excluding steroid dienone is 1. The number of carbonyl (C=O) groups excluding carboxylic acids is 1. The van der Waals surface area contributed by atoms with E-state index >= 15 is 0 Å². The maximum Gasteiger partial charge on any atom is 0.232 e. The van der Waals surface area contributed by atoms with E-state index in [1.807, 2.05) is 31.2 Å². The molecule has 1 heterocycles. The molecule has 1 aromatic heterocycles. The van der Waals surface area contributed by atoms with E-state index in [9.17, 15) is 4.79 Å². The zero-order valence-corrected chi connectivity index (χ0v) is 12.0. The number of benzene rings is 1. The van der Waals surface area contributed by atoms with E-state index in [1.54, 1.807) is 10.6 Å². The standard InChI is InChI=1S/C14H16N4OS/c1-3-8-18-12(16-17-14(18)20)9-13(19)15-11-7-5-4-6-10(11)2/h3-7H,1,8-9H2,2H3,(H,15,19)(H,17,20). The predicted molar refractivity (Wildman–Crippen MR) is 81.1 cm³/mol. The highest BCUT2D eigenvalue weighted by molar-refractivity contribution is 7.71. The van der Waals surface area contributed by atoms with Crippen LogP contribution in [0.15, 0.2) is 36.9 Å². The van der Waals surface area contributed by atoms with Crippen LogP contribution >= 0.6 is 12.2 Å². The molecule has 0 saturated carbocycles. The van der Waals surface area contributed by atoms with Crippen LogP contribution in [0.2, 0.25) is 0 Å². The summed E-state index contributed by atoms with van der Waals surface area (Å²) in [5.41, 5.74) is 1.83. The summed E-state index contributed by atoms with van der Waals surface area (Å²) in [5, 5.41) is 9.64. The van der Waals surface area contributed by atoms with Gasteiger partial charge in [0.2, 0.25) is 5.91 Å². The highest BCUT2D eigenvalue weighted by Gasteiger charge is 2.11. The zero-order valence-electron chi connectivity index (χ0n) is 11.2.